The minimum atomic E-state index is -1.13. The van der Waals surface area contributed by atoms with Gasteiger partial charge in [-0.05, 0) is 41.9 Å². The molecule has 98 valence electrons. The lowest BCUT2D eigenvalue weighted by Crippen LogP contribution is -2.42. The molecule has 1 aromatic rings. The summed E-state index contributed by atoms with van der Waals surface area (Å²) in [5.74, 6) is -0.570. The molecule has 18 heavy (non-hydrogen) atoms. The molecule has 0 heterocycles. The van der Waals surface area contributed by atoms with E-state index in [9.17, 15) is 4.79 Å². The average Bonchev–Trinajstić information content (AvgIpc) is 2.33. The number of rotatable bonds is 3. The lowest BCUT2D eigenvalue weighted by atomic mass is 9.91. The van der Waals surface area contributed by atoms with Crippen LogP contribution in [-0.4, -0.2) is 17.0 Å². The molecule has 1 amide bonds. The zero-order chi connectivity index (χ0) is 13.9. The first-order chi connectivity index (χ1) is 8.30. The summed E-state index contributed by atoms with van der Waals surface area (Å²) in [6, 6.07) is 5.09. The van der Waals surface area contributed by atoms with Crippen LogP contribution >= 0.6 is 27.5 Å². The summed E-state index contributed by atoms with van der Waals surface area (Å²) >= 11 is 9.19. The van der Waals surface area contributed by atoms with Crippen LogP contribution in [0.4, 0.5) is 5.69 Å². The minimum absolute atomic E-state index is 0.168. The summed E-state index contributed by atoms with van der Waals surface area (Å²) < 4.78 is 0.579. The molecule has 0 bridgehead atoms. The summed E-state index contributed by atoms with van der Waals surface area (Å²) in [6.45, 7) is 3.10. The number of amides is 1. The lowest BCUT2D eigenvalue weighted by molar-refractivity contribution is -0.121. The van der Waals surface area contributed by atoms with Gasteiger partial charge in [0.2, 0.25) is 5.91 Å². The molecule has 5 nitrogen and oxygen atoms in total. The number of halogens is 2. The fraction of sp³-hybridized carbons (Fsp3) is 0.273. The number of oxime groups is 1. The van der Waals surface area contributed by atoms with E-state index in [1.54, 1.807) is 32.0 Å². The maximum Gasteiger partial charge on any atom is 0.237 e. The summed E-state index contributed by atoms with van der Waals surface area (Å²) in [6.07, 6.45) is 0. The Morgan fingerprint density at radius 1 is 1.56 bits per heavy atom. The molecule has 0 spiro atoms. The van der Waals surface area contributed by atoms with Crippen molar-refractivity contribution in [3.8, 4) is 0 Å². The minimum Gasteiger partial charge on any atom is -0.409 e. The Morgan fingerprint density at radius 2 is 2.17 bits per heavy atom. The quantitative estimate of drug-likeness (QED) is 0.344. The zero-order valence-corrected chi connectivity index (χ0v) is 12.2. The molecule has 0 aliphatic heterocycles. The van der Waals surface area contributed by atoms with Crippen molar-refractivity contribution in [3.63, 3.8) is 0 Å². The molecule has 0 atom stereocenters. The van der Waals surface area contributed by atoms with Crippen molar-refractivity contribution in [3.05, 3.63) is 27.7 Å². The van der Waals surface area contributed by atoms with E-state index >= 15 is 0 Å². The first-order valence-corrected chi connectivity index (χ1v) is 6.21. The topological polar surface area (TPSA) is 87.7 Å². The Kier molecular flexibility index (Phi) is 4.59. The Bertz CT molecular complexity index is 503. The third-order valence-corrected chi connectivity index (χ3v) is 3.91. The number of hydrogen-bond donors (Lipinski definition) is 3. The number of anilines is 1. The molecule has 0 saturated heterocycles. The molecular weight excluding hydrogens is 321 g/mol. The maximum atomic E-state index is 12.1. The van der Waals surface area contributed by atoms with Gasteiger partial charge in [0, 0.05) is 0 Å². The van der Waals surface area contributed by atoms with Gasteiger partial charge in [-0.15, -0.1) is 0 Å². The first kappa shape index (κ1) is 14.8. The second-order valence-electron chi connectivity index (χ2n) is 4.17. The average molecular weight is 335 g/mol. The summed E-state index contributed by atoms with van der Waals surface area (Å²) in [5.41, 5.74) is 4.87. The van der Waals surface area contributed by atoms with Crippen LogP contribution in [0.5, 0.6) is 0 Å². The largest absolute Gasteiger partial charge is 0.409 e. The van der Waals surface area contributed by atoms with Crippen molar-refractivity contribution in [2.45, 2.75) is 13.8 Å². The number of benzene rings is 1. The highest BCUT2D eigenvalue weighted by atomic mass is 79.9. The van der Waals surface area contributed by atoms with E-state index in [1.165, 1.54) is 0 Å². The van der Waals surface area contributed by atoms with Crippen LogP contribution < -0.4 is 11.1 Å². The van der Waals surface area contributed by atoms with Gasteiger partial charge in [-0.1, -0.05) is 22.8 Å². The molecule has 0 radical (unpaired) electrons. The number of nitrogens with two attached hydrogens (primary N) is 1. The molecule has 0 aliphatic rings. The third kappa shape index (κ3) is 2.94. The van der Waals surface area contributed by atoms with Crippen LogP contribution in [0.15, 0.2) is 27.8 Å². The second-order valence-corrected chi connectivity index (χ2v) is 5.37. The van der Waals surface area contributed by atoms with Gasteiger partial charge in [-0.2, -0.15) is 0 Å². The molecule has 7 heteroatoms. The molecule has 0 aliphatic carbocycles. The van der Waals surface area contributed by atoms with E-state index in [1.807, 2.05) is 0 Å². The van der Waals surface area contributed by atoms with Crippen molar-refractivity contribution < 1.29 is 10.0 Å². The van der Waals surface area contributed by atoms with Gasteiger partial charge in [0.1, 0.15) is 5.41 Å². The fourth-order valence-corrected chi connectivity index (χ4v) is 1.66. The van der Waals surface area contributed by atoms with Crippen molar-refractivity contribution in [1.82, 2.24) is 0 Å². The predicted molar refractivity (Wildman–Crippen MR) is 75.0 cm³/mol. The highest BCUT2D eigenvalue weighted by Gasteiger charge is 2.33. The molecule has 0 fully saturated rings. The maximum absolute atomic E-state index is 12.1. The van der Waals surface area contributed by atoms with Gasteiger partial charge in [0.05, 0.1) is 15.2 Å². The predicted octanol–water partition coefficient (Wildman–Crippen LogP) is 2.81. The Morgan fingerprint density at radius 3 is 2.72 bits per heavy atom. The standard InChI is InChI=1S/C11H13BrClN3O2/c1-11(2,9(14)16-18)10(17)15-7-5-3-4-6(13)8(7)12/h3-5,18H,1-2H3,(H2,14,16)(H,15,17). The van der Waals surface area contributed by atoms with Gasteiger partial charge in [-0.3, -0.25) is 4.79 Å². The summed E-state index contributed by atoms with van der Waals surface area (Å²) in [5, 5.41) is 14.6. The fourth-order valence-electron chi connectivity index (χ4n) is 1.12. The Labute approximate surface area is 118 Å². The zero-order valence-electron chi connectivity index (χ0n) is 9.87. The monoisotopic (exact) mass is 333 g/mol. The highest BCUT2D eigenvalue weighted by molar-refractivity contribution is 9.10. The van der Waals surface area contributed by atoms with Crippen molar-refractivity contribution in [1.29, 1.82) is 0 Å². The van der Waals surface area contributed by atoms with E-state index in [4.69, 9.17) is 22.5 Å². The highest BCUT2D eigenvalue weighted by Crippen LogP contribution is 2.31. The number of carbonyl (C=O) groups excluding carboxylic acids is 1. The number of hydrogen-bond acceptors (Lipinski definition) is 3. The molecule has 4 N–H and O–H groups in total. The van der Waals surface area contributed by atoms with Crippen LogP contribution in [0.25, 0.3) is 0 Å². The van der Waals surface area contributed by atoms with E-state index in [0.717, 1.165) is 0 Å². The molecule has 1 aromatic carbocycles. The molecule has 0 unspecified atom stereocenters. The molecule has 0 saturated carbocycles. The van der Waals surface area contributed by atoms with E-state index in [2.05, 4.69) is 26.4 Å². The van der Waals surface area contributed by atoms with Crippen LogP contribution in [0.3, 0.4) is 0 Å². The van der Waals surface area contributed by atoms with E-state index < -0.39 is 11.3 Å². The second kappa shape index (κ2) is 5.58. The van der Waals surface area contributed by atoms with Crippen molar-refractivity contribution in [2.75, 3.05) is 5.32 Å². The lowest BCUT2D eigenvalue weighted by Gasteiger charge is -2.22. The summed E-state index contributed by atoms with van der Waals surface area (Å²) in [7, 11) is 0. The molecular formula is C11H13BrClN3O2. The van der Waals surface area contributed by atoms with Gasteiger partial charge in [0.25, 0.3) is 0 Å². The van der Waals surface area contributed by atoms with Gasteiger partial charge in [-0.25, -0.2) is 0 Å². The first-order valence-electron chi connectivity index (χ1n) is 5.04. The van der Waals surface area contributed by atoms with Crippen LogP contribution in [0.2, 0.25) is 5.02 Å². The van der Waals surface area contributed by atoms with Gasteiger partial charge >= 0.3 is 0 Å². The number of amidine groups is 1. The molecule has 0 aromatic heterocycles. The Balaban J connectivity index is 2.99. The number of nitrogens with zero attached hydrogens (tertiary/aromatic N) is 1. The molecule has 1 rings (SSSR count). The van der Waals surface area contributed by atoms with E-state index in [-0.39, 0.29) is 5.84 Å². The smallest absolute Gasteiger partial charge is 0.237 e. The third-order valence-electron chi connectivity index (χ3n) is 2.52. The SMILES string of the molecule is CC(C)(C(=O)Nc1cccc(Cl)c1Br)/C(N)=N/O. The van der Waals surface area contributed by atoms with Crippen LogP contribution in [-0.2, 0) is 4.79 Å². The summed E-state index contributed by atoms with van der Waals surface area (Å²) in [4.78, 5) is 12.1. The van der Waals surface area contributed by atoms with Crippen molar-refractivity contribution >= 4 is 45.0 Å². The number of nitrogens with one attached hydrogen (secondary N) is 1. The number of carbonyl (C=O) groups is 1. The van der Waals surface area contributed by atoms with E-state index in [0.29, 0.717) is 15.2 Å². The van der Waals surface area contributed by atoms with Crippen LogP contribution in [0.1, 0.15) is 13.8 Å². The Hall–Kier alpha value is -1.27. The van der Waals surface area contributed by atoms with Gasteiger partial charge in [0.15, 0.2) is 5.84 Å². The normalized spacial score (nSPS) is 12.3. The van der Waals surface area contributed by atoms with Crippen molar-refractivity contribution in [2.24, 2.45) is 16.3 Å². The van der Waals surface area contributed by atoms with Crippen LogP contribution in [0, 0.1) is 5.41 Å². The van der Waals surface area contributed by atoms with Gasteiger partial charge < -0.3 is 16.3 Å².